The predicted molar refractivity (Wildman–Crippen MR) is 106 cm³/mol. The quantitative estimate of drug-likeness (QED) is 0.531. The van der Waals surface area contributed by atoms with Crippen molar-refractivity contribution < 1.29 is 22.9 Å². The van der Waals surface area contributed by atoms with Gasteiger partial charge < -0.3 is 10.1 Å². The maximum absolute atomic E-state index is 12.6. The normalized spacial score (nSPS) is 12.1. The Balaban J connectivity index is 2.27. The van der Waals surface area contributed by atoms with Gasteiger partial charge >= 0.3 is 0 Å². The van der Waals surface area contributed by atoms with Crippen LogP contribution in [0.2, 0.25) is 0 Å². The molecule has 0 aliphatic rings. The Morgan fingerprint density at radius 3 is 2.43 bits per heavy atom. The van der Waals surface area contributed by atoms with Gasteiger partial charge in [0.15, 0.2) is 0 Å². The van der Waals surface area contributed by atoms with E-state index in [0.717, 1.165) is 16.6 Å². The highest BCUT2D eigenvalue weighted by Crippen LogP contribution is 2.26. The second-order valence-electron chi connectivity index (χ2n) is 5.96. The number of sulfonamides is 1. The number of nitrogens with zero attached hydrogens (tertiary/aromatic N) is 2. The SMILES string of the molecule is CCOc1ccc(NC(=O)[C@H](C)N(c2cccc([N+](=O)[O-])c2)S(C)(=O)=O)cc1. The topological polar surface area (TPSA) is 119 Å². The van der Waals surface area contributed by atoms with Gasteiger partial charge in [-0.15, -0.1) is 0 Å². The zero-order valence-corrected chi connectivity index (χ0v) is 16.5. The Morgan fingerprint density at radius 1 is 1.25 bits per heavy atom. The molecule has 2 aromatic carbocycles. The zero-order chi connectivity index (χ0) is 20.9. The molecule has 28 heavy (non-hydrogen) atoms. The first-order chi connectivity index (χ1) is 13.1. The van der Waals surface area contributed by atoms with E-state index in [2.05, 4.69) is 5.32 Å². The van der Waals surface area contributed by atoms with Crippen LogP contribution in [0.4, 0.5) is 17.1 Å². The van der Waals surface area contributed by atoms with Gasteiger partial charge in [-0.3, -0.25) is 19.2 Å². The number of benzene rings is 2. The Kier molecular flexibility index (Phi) is 6.57. The molecule has 1 atom stereocenters. The molecule has 1 N–H and O–H groups in total. The van der Waals surface area contributed by atoms with Gasteiger partial charge in [0.05, 0.1) is 23.5 Å². The minimum absolute atomic E-state index is 0.0334. The van der Waals surface area contributed by atoms with Crippen molar-refractivity contribution in [2.75, 3.05) is 22.5 Å². The molecule has 0 saturated carbocycles. The molecule has 1 amide bonds. The summed E-state index contributed by atoms with van der Waals surface area (Å²) in [7, 11) is -3.88. The summed E-state index contributed by atoms with van der Waals surface area (Å²) in [5.41, 5.74) is 0.226. The number of rotatable bonds is 8. The van der Waals surface area contributed by atoms with Gasteiger partial charge in [0.2, 0.25) is 15.9 Å². The molecule has 0 aromatic heterocycles. The van der Waals surface area contributed by atoms with E-state index in [4.69, 9.17) is 4.74 Å². The van der Waals surface area contributed by atoms with Gasteiger partial charge in [0.1, 0.15) is 11.8 Å². The standard InChI is InChI=1S/C18H21N3O6S/c1-4-27-17-10-8-14(9-11-17)19-18(22)13(2)20(28(3,25)26)15-6-5-7-16(12-15)21(23)24/h5-13H,4H2,1-3H3,(H,19,22)/t13-/m0/s1. The fraction of sp³-hybridized carbons (Fsp3) is 0.278. The van der Waals surface area contributed by atoms with Crippen LogP contribution in [0.15, 0.2) is 48.5 Å². The van der Waals surface area contributed by atoms with Crippen molar-refractivity contribution in [1.82, 2.24) is 0 Å². The molecule has 10 heteroatoms. The number of ether oxygens (including phenoxy) is 1. The minimum Gasteiger partial charge on any atom is -0.494 e. The highest BCUT2D eigenvalue weighted by molar-refractivity contribution is 7.92. The number of hydrogen-bond donors (Lipinski definition) is 1. The molecule has 2 rings (SSSR count). The molecule has 150 valence electrons. The number of nitro groups is 1. The van der Waals surface area contributed by atoms with E-state index in [1.165, 1.54) is 25.1 Å². The Bertz CT molecular complexity index is 960. The lowest BCUT2D eigenvalue weighted by Crippen LogP contribution is -2.45. The van der Waals surface area contributed by atoms with Crippen molar-refractivity contribution in [1.29, 1.82) is 0 Å². The summed E-state index contributed by atoms with van der Waals surface area (Å²) < 4.78 is 30.8. The molecular formula is C18H21N3O6S. The van der Waals surface area contributed by atoms with Crippen molar-refractivity contribution in [2.45, 2.75) is 19.9 Å². The smallest absolute Gasteiger partial charge is 0.271 e. The summed E-state index contributed by atoms with van der Waals surface area (Å²) in [6.45, 7) is 3.77. The Hall–Kier alpha value is -3.14. The van der Waals surface area contributed by atoms with Crippen LogP contribution in [0.1, 0.15) is 13.8 Å². The maximum atomic E-state index is 12.6. The summed E-state index contributed by atoms with van der Waals surface area (Å²) in [5, 5.41) is 13.6. The third kappa shape index (κ3) is 5.19. The second kappa shape index (κ2) is 8.70. The fourth-order valence-corrected chi connectivity index (χ4v) is 3.77. The maximum Gasteiger partial charge on any atom is 0.271 e. The average Bonchev–Trinajstić information content (AvgIpc) is 2.62. The highest BCUT2D eigenvalue weighted by Gasteiger charge is 2.30. The van der Waals surface area contributed by atoms with Crippen molar-refractivity contribution in [2.24, 2.45) is 0 Å². The number of carbonyl (C=O) groups is 1. The van der Waals surface area contributed by atoms with Crippen LogP contribution in [0, 0.1) is 10.1 Å². The number of amides is 1. The molecule has 0 aliphatic carbocycles. The van der Waals surface area contributed by atoms with E-state index in [1.54, 1.807) is 24.3 Å². The van der Waals surface area contributed by atoms with E-state index in [-0.39, 0.29) is 11.4 Å². The van der Waals surface area contributed by atoms with Crippen molar-refractivity contribution in [3.05, 3.63) is 58.6 Å². The zero-order valence-electron chi connectivity index (χ0n) is 15.7. The molecule has 0 fully saturated rings. The second-order valence-corrected chi connectivity index (χ2v) is 7.82. The molecule has 9 nitrogen and oxygen atoms in total. The van der Waals surface area contributed by atoms with E-state index < -0.39 is 26.9 Å². The first kappa shape index (κ1) is 21.2. The molecule has 0 radical (unpaired) electrons. The van der Waals surface area contributed by atoms with Crippen molar-refractivity contribution in [3.8, 4) is 5.75 Å². The van der Waals surface area contributed by atoms with Gasteiger partial charge in [0.25, 0.3) is 5.69 Å². The fourth-order valence-electron chi connectivity index (χ4n) is 2.60. The van der Waals surface area contributed by atoms with Gasteiger partial charge in [-0.05, 0) is 44.2 Å². The highest BCUT2D eigenvalue weighted by atomic mass is 32.2. The number of nitro benzene ring substituents is 1. The third-order valence-electron chi connectivity index (χ3n) is 3.82. The van der Waals surface area contributed by atoms with Crippen LogP contribution in [0.25, 0.3) is 0 Å². The van der Waals surface area contributed by atoms with Crippen LogP contribution < -0.4 is 14.4 Å². The average molecular weight is 407 g/mol. The Morgan fingerprint density at radius 2 is 1.89 bits per heavy atom. The minimum atomic E-state index is -3.88. The molecule has 0 heterocycles. The van der Waals surface area contributed by atoms with Crippen LogP contribution in [0.3, 0.4) is 0 Å². The molecule has 0 spiro atoms. The number of carbonyl (C=O) groups excluding carboxylic acids is 1. The Labute approximate surface area is 163 Å². The monoisotopic (exact) mass is 407 g/mol. The lowest BCUT2D eigenvalue weighted by molar-refractivity contribution is -0.384. The first-order valence-electron chi connectivity index (χ1n) is 8.41. The predicted octanol–water partition coefficient (Wildman–Crippen LogP) is 2.79. The number of hydrogen-bond acceptors (Lipinski definition) is 6. The molecule has 0 unspecified atom stereocenters. The van der Waals surface area contributed by atoms with E-state index in [0.29, 0.717) is 18.0 Å². The van der Waals surface area contributed by atoms with Crippen LogP contribution in [0.5, 0.6) is 5.75 Å². The van der Waals surface area contributed by atoms with E-state index >= 15 is 0 Å². The number of anilines is 2. The summed E-state index contributed by atoms with van der Waals surface area (Å²) >= 11 is 0. The first-order valence-corrected chi connectivity index (χ1v) is 10.3. The van der Waals surface area contributed by atoms with Gasteiger partial charge in [0, 0.05) is 17.8 Å². The van der Waals surface area contributed by atoms with Crippen LogP contribution >= 0.6 is 0 Å². The van der Waals surface area contributed by atoms with E-state index in [1.807, 2.05) is 6.92 Å². The van der Waals surface area contributed by atoms with E-state index in [9.17, 15) is 23.3 Å². The van der Waals surface area contributed by atoms with Crippen molar-refractivity contribution >= 4 is 33.0 Å². The molecular weight excluding hydrogens is 386 g/mol. The summed E-state index contributed by atoms with van der Waals surface area (Å²) in [6, 6.07) is 10.6. The largest absolute Gasteiger partial charge is 0.494 e. The number of non-ortho nitro benzene ring substituents is 1. The van der Waals surface area contributed by atoms with Gasteiger partial charge in [-0.2, -0.15) is 0 Å². The molecule has 2 aromatic rings. The lowest BCUT2D eigenvalue weighted by Gasteiger charge is -2.28. The molecule has 0 bridgehead atoms. The molecule has 0 aliphatic heterocycles. The van der Waals surface area contributed by atoms with Gasteiger partial charge in [-0.25, -0.2) is 8.42 Å². The summed E-state index contributed by atoms with van der Waals surface area (Å²) in [5.74, 6) is 0.0593. The van der Waals surface area contributed by atoms with Crippen LogP contribution in [-0.4, -0.2) is 38.2 Å². The van der Waals surface area contributed by atoms with Crippen molar-refractivity contribution in [3.63, 3.8) is 0 Å². The van der Waals surface area contributed by atoms with Gasteiger partial charge in [-0.1, -0.05) is 6.07 Å². The lowest BCUT2D eigenvalue weighted by atomic mass is 10.2. The third-order valence-corrected chi connectivity index (χ3v) is 5.06. The number of nitrogens with one attached hydrogen (secondary N) is 1. The molecule has 0 saturated heterocycles. The van der Waals surface area contributed by atoms with Crippen LogP contribution in [-0.2, 0) is 14.8 Å². The summed E-state index contributed by atoms with van der Waals surface area (Å²) in [4.78, 5) is 23.0. The summed E-state index contributed by atoms with van der Waals surface area (Å²) in [6.07, 6.45) is 0.937.